The van der Waals surface area contributed by atoms with E-state index in [-0.39, 0.29) is 6.61 Å². The summed E-state index contributed by atoms with van der Waals surface area (Å²) in [6.45, 7) is 13.8. The van der Waals surface area contributed by atoms with Crippen LogP contribution in [0.3, 0.4) is 0 Å². The molecule has 166 valence electrons. The van der Waals surface area contributed by atoms with Gasteiger partial charge in [0, 0.05) is 17.7 Å². The first-order chi connectivity index (χ1) is 14.9. The number of allylic oxidation sites excluding steroid dienone is 5. The summed E-state index contributed by atoms with van der Waals surface area (Å²) in [5, 5.41) is 13.1. The normalized spacial score (nSPS) is 11.9. The number of benzene rings is 1. The van der Waals surface area contributed by atoms with Crippen LogP contribution in [0.15, 0.2) is 77.1 Å². The van der Waals surface area contributed by atoms with Crippen molar-refractivity contribution in [2.24, 2.45) is 10.8 Å². The minimum atomic E-state index is -0.530. The molecule has 0 fully saturated rings. The average molecular weight is 423 g/mol. The monoisotopic (exact) mass is 422 g/mol. The lowest BCUT2D eigenvalue weighted by Crippen LogP contribution is -2.16. The summed E-state index contributed by atoms with van der Waals surface area (Å²) in [4.78, 5) is 11.5. The molecule has 0 saturated carbocycles. The van der Waals surface area contributed by atoms with Crippen LogP contribution >= 0.6 is 0 Å². The molecule has 0 saturated heterocycles. The Balaban J connectivity index is 0.00000436. The SMILES string of the molecule is C=C(/C=C\C/C(=C\C)N/N=C(C)\C(=C\C)COc1ccccc1C(N)=O)CC#N.CC. The van der Waals surface area contributed by atoms with Gasteiger partial charge >= 0.3 is 0 Å². The number of carbonyl (C=O) groups is 1. The number of nitrogens with two attached hydrogens (primary N) is 1. The Morgan fingerprint density at radius 1 is 1.29 bits per heavy atom. The number of nitrogens with one attached hydrogen (secondary N) is 1. The van der Waals surface area contributed by atoms with Crippen molar-refractivity contribution < 1.29 is 9.53 Å². The first-order valence-electron chi connectivity index (χ1n) is 10.3. The molecule has 6 heteroatoms. The maximum absolute atomic E-state index is 11.5. The molecule has 0 aromatic heterocycles. The number of rotatable bonds is 11. The molecular formula is C25H34N4O2. The quantitative estimate of drug-likeness (QED) is 0.282. The van der Waals surface area contributed by atoms with Gasteiger partial charge in [-0.1, -0.05) is 56.9 Å². The minimum absolute atomic E-state index is 0.261. The molecule has 0 unspecified atom stereocenters. The maximum Gasteiger partial charge on any atom is 0.252 e. The van der Waals surface area contributed by atoms with Crippen LogP contribution in [0.1, 0.15) is 57.8 Å². The summed E-state index contributed by atoms with van der Waals surface area (Å²) < 4.78 is 5.78. The highest BCUT2D eigenvalue weighted by atomic mass is 16.5. The lowest BCUT2D eigenvalue weighted by Gasteiger charge is -2.12. The number of hydrazone groups is 1. The third-order valence-corrected chi connectivity index (χ3v) is 4.06. The van der Waals surface area contributed by atoms with Gasteiger partial charge < -0.3 is 10.5 Å². The first-order valence-corrected chi connectivity index (χ1v) is 10.3. The Bertz CT molecular complexity index is 887. The van der Waals surface area contributed by atoms with E-state index in [4.69, 9.17) is 15.7 Å². The van der Waals surface area contributed by atoms with Crippen molar-refractivity contribution in [2.75, 3.05) is 6.61 Å². The summed E-state index contributed by atoms with van der Waals surface area (Å²) in [6.07, 6.45) is 8.58. The molecule has 1 aromatic rings. The molecule has 1 rings (SSSR count). The summed E-state index contributed by atoms with van der Waals surface area (Å²) in [5.74, 6) is -0.0881. The molecular weight excluding hydrogens is 388 g/mol. The van der Waals surface area contributed by atoms with Crippen LogP contribution < -0.4 is 15.9 Å². The fourth-order valence-electron chi connectivity index (χ4n) is 2.32. The number of carbonyl (C=O) groups excluding carboxylic acids is 1. The number of nitriles is 1. The number of amides is 1. The van der Waals surface area contributed by atoms with Crippen LogP contribution in [-0.4, -0.2) is 18.2 Å². The highest BCUT2D eigenvalue weighted by molar-refractivity contribution is 5.98. The lowest BCUT2D eigenvalue weighted by atomic mass is 10.1. The molecule has 0 aliphatic carbocycles. The second-order valence-electron chi connectivity index (χ2n) is 6.19. The smallest absolute Gasteiger partial charge is 0.252 e. The fraction of sp³-hybridized carbons (Fsp3) is 0.320. The molecule has 6 nitrogen and oxygen atoms in total. The van der Waals surface area contributed by atoms with Crippen LogP contribution in [0.25, 0.3) is 0 Å². The molecule has 0 bridgehead atoms. The second-order valence-corrected chi connectivity index (χ2v) is 6.19. The number of ether oxygens (including phenoxy) is 1. The third-order valence-electron chi connectivity index (χ3n) is 4.06. The van der Waals surface area contributed by atoms with Gasteiger partial charge in [-0.15, -0.1) is 0 Å². The molecule has 0 heterocycles. The molecule has 1 aromatic carbocycles. The highest BCUT2D eigenvalue weighted by Gasteiger charge is 2.10. The van der Waals surface area contributed by atoms with E-state index in [1.807, 2.05) is 58.9 Å². The minimum Gasteiger partial charge on any atom is -0.488 e. The number of nitrogens with zero attached hydrogens (tertiary/aromatic N) is 2. The molecule has 0 radical (unpaired) electrons. The molecule has 0 atom stereocenters. The Kier molecular flexibility index (Phi) is 14.4. The Labute approximate surface area is 186 Å². The van der Waals surface area contributed by atoms with Crippen LogP contribution in [0.4, 0.5) is 0 Å². The van der Waals surface area contributed by atoms with Gasteiger partial charge in [0.05, 0.1) is 23.8 Å². The zero-order chi connectivity index (χ0) is 23.6. The molecule has 0 spiro atoms. The van der Waals surface area contributed by atoms with E-state index in [0.29, 0.717) is 24.2 Å². The van der Waals surface area contributed by atoms with E-state index in [1.54, 1.807) is 24.3 Å². The van der Waals surface area contributed by atoms with Gasteiger partial charge in [-0.25, -0.2) is 0 Å². The first kappa shape index (κ1) is 27.4. The number of hydrogen-bond donors (Lipinski definition) is 2. The van der Waals surface area contributed by atoms with Crippen molar-refractivity contribution in [1.29, 1.82) is 5.26 Å². The van der Waals surface area contributed by atoms with Crippen LogP contribution in [0, 0.1) is 11.3 Å². The number of primary amides is 1. The van der Waals surface area contributed by atoms with E-state index in [0.717, 1.165) is 22.6 Å². The standard InChI is InChI=1S/C23H28N4O2.C2H6/c1-5-19(16-29-22-13-8-7-12-21(22)23(25)28)18(4)26-27-20(6-2)11-9-10-17(3)14-15-24;1-2/h5-10,12-13,27H,3,11,14,16H2,1-2,4H3,(H2,25,28);1-2H3/b10-9-,19-5+,20-6+,26-18-;. The Morgan fingerprint density at radius 3 is 2.55 bits per heavy atom. The van der Waals surface area contributed by atoms with E-state index in [2.05, 4.69) is 23.2 Å². The van der Waals surface area contributed by atoms with Gasteiger partial charge in [-0.2, -0.15) is 10.4 Å². The number of hydrogen-bond acceptors (Lipinski definition) is 5. The van der Waals surface area contributed by atoms with Gasteiger partial charge in [-0.05, 0) is 38.5 Å². The zero-order valence-corrected chi connectivity index (χ0v) is 19.2. The number of para-hydroxylation sites is 1. The van der Waals surface area contributed by atoms with E-state index in [1.165, 1.54) is 0 Å². The van der Waals surface area contributed by atoms with E-state index >= 15 is 0 Å². The fourth-order valence-corrected chi connectivity index (χ4v) is 2.32. The summed E-state index contributed by atoms with van der Waals surface area (Å²) in [6, 6.07) is 8.94. The molecule has 3 N–H and O–H groups in total. The summed E-state index contributed by atoms with van der Waals surface area (Å²) >= 11 is 0. The summed E-state index contributed by atoms with van der Waals surface area (Å²) in [5.41, 5.74) is 12.1. The topological polar surface area (TPSA) is 100 Å². The van der Waals surface area contributed by atoms with Crippen molar-refractivity contribution in [3.8, 4) is 11.8 Å². The van der Waals surface area contributed by atoms with E-state index < -0.39 is 5.91 Å². The van der Waals surface area contributed by atoms with Crippen LogP contribution in [-0.2, 0) is 0 Å². The zero-order valence-electron chi connectivity index (χ0n) is 19.2. The lowest BCUT2D eigenvalue weighted by molar-refractivity contribution is 0.0997. The second kappa shape index (κ2) is 16.2. The predicted octanol–water partition coefficient (Wildman–Crippen LogP) is 5.42. The van der Waals surface area contributed by atoms with E-state index in [9.17, 15) is 4.79 Å². The van der Waals surface area contributed by atoms with Crippen molar-refractivity contribution in [3.05, 3.63) is 77.6 Å². The van der Waals surface area contributed by atoms with Gasteiger partial charge in [0.25, 0.3) is 5.91 Å². The van der Waals surface area contributed by atoms with Gasteiger partial charge in [0.2, 0.25) is 0 Å². The Hall–Kier alpha value is -3.59. The molecule has 0 aliphatic heterocycles. The van der Waals surface area contributed by atoms with Gasteiger partial charge in [0.1, 0.15) is 12.4 Å². The third kappa shape index (κ3) is 10.7. The van der Waals surface area contributed by atoms with Crippen molar-refractivity contribution >= 4 is 11.6 Å². The van der Waals surface area contributed by atoms with Gasteiger partial charge in [0.15, 0.2) is 0 Å². The molecule has 31 heavy (non-hydrogen) atoms. The molecule has 1 amide bonds. The average Bonchev–Trinajstić information content (AvgIpc) is 2.78. The summed E-state index contributed by atoms with van der Waals surface area (Å²) in [7, 11) is 0. The largest absolute Gasteiger partial charge is 0.488 e. The van der Waals surface area contributed by atoms with Crippen molar-refractivity contribution in [2.45, 2.75) is 47.5 Å². The van der Waals surface area contributed by atoms with Gasteiger partial charge in [-0.3, -0.25) is 10.2 Å². The highest BCUT2D eigenvalue weighted by Crippen LogP contribution is 2.18. The maximum atomic E-state index is 11.5. The van der Waals surface area contributed by atoms with Crippen LogP contribution in [0.2, 0.25) is 0 Å². The molecule has 0 aliphatic rings. The van der Waals surface area contributed by atoms with Crippen LogP contribution in [0.5, 0.6) is 5.75 Å². The predicted molar refractivity (Wildman–Crippen MR) is 129 cm³/mol. The van der Waals surface area contributed by atoms with Crippen molar-refractivity contribution in [1.82, 2.24) is 5.43 Å². The Morgan fingerprint density at radius 2 is 1.97 bits per heavy atom. The van der Waals surface area contributed by atoms with Crippen molar-refractivity contribution in [3.63, 3.8) is 0 Å².